The maximum Gasteiger partial charge on any atom is 0.339 e. The summed E-state index contributed by atoms with van der Waals surface area (Å²) in [5.74, 6) is -1.47. The number of aryl methyl sites for hydroxylation is 2. The van der Waals surface area contributed by atoms with Gasteiger partial charge in [-0.05, 0) is 127 Å². The highest BCUT2D eigenvalue weighted by Gasteiger charge is 2.32. The third-order valence-electron chi connectivity index (χ3n) is 11.1. The average Bonchev–Trinajstić information content (AvgIpc) is 3.03. The van der Waals surface area contributed by atoms with E-state index in [-0.39, 0.29) is 46.3 Å². The van der Waals surface area contributed by atoms with E-state index in [1.807, 2.05) is 13.0 Å². The van der Waals surface area contributed by atoms with Crippen molar-refractivity contribution in [2.75, 3.05) is 26.2 Å². The summed E-state index contributed by atoms with van der Waals surface area (Å²) in [4.78, 5) is 26.4. The maximum atomic E-state index is 13.0. The van der Waals surface area contributed by atoms with Crippen molar-refractivity contribution in [2.24, 2.45) is 0 Å². The second-order valence-corrected chi connectivity index (χ2v) is 15.4. The Balaban J connectivity index is 0.000000215. The number of nitrogens with one attached hydrogen (secondary N) is 1. The van der Waals surface area contributed by atoms with Crippen molar-refractivity contribution in [3.8, 4) is 23.0 Å². The summed E-state index contributed by atoms with van der Waals surface area (Å²) in [6.45, 7) is 12.3. The number of carboxylic acids is 1. The largest absolute Gasteiger partial charge is 0.507 e. The lowest BCUT2D eigenvalue weighted by molar-refractivity contribution is 0.0645. The van der Waals surface area contributed by atoms with Gasteiger partial charge in [0.05, 0.1) is 5.56 Å². The van der Waals surface area contributed by atoms with Crippen LogP contribution in [0.15, 0.2) is 35.4 Å². The van der Waals surface area contributed by atoms with Crippen molar-refractivity contribution in [3.05, 3.63) is 68.8 Å². The molecule has 292 valence electrons. The minimum Gasteiger partial charge on any atom is -0.507 e. The van der Waals surface area contributed by atoms with Gasteiger partial charge in [0.2, 0.25) is 0 Å². The van der Waals surface area contributed by atoms with Crippen LogP contribution in [0.2, 0.25) is 0 Å². The Morgan fingerprint density at radius 1 is 0.698 bits per heavy atom. The zero-order chi connectivity index (χ0) is 38.5. The normalized spacial score (nSPS) is 19.3. The van der Waals surface area contributed by atoms with Gasteiger partial charge >= 0.3 is 5.97 Å². The van der Waals surface area contributed by atoms with Crippen molar-refractivity contribution in [1.82, 2.24) is 10.2 Å². The van der Waals surface area contributed by atoms with E-state index < -0.39 is 5.97 Å². The predicted octanol–water partition coefficient (Wildman–Crippen LogP) is 9.61. The number of phenolic OH excluding ortho intramolecular Hbond substituents is 3. The smallest absolute Gasteiger partial charge is 0.339 e. The lowest BCUT2D eigenvalue weighted by Gasteiger charge is -2.32. The van der Waals surface area contributed by atoms with E-state index >= 15 is 0 Å². The summed E-state index contributed by atoms with van der Waals surface area (Å²) in [6.07, 6.45) is 19.6. The molecule has 9 nitrogen and oxygen atoms in total. The predicted molar refractivity (Wildman–Crippen MR) is 212 cm³/mol. The van der Waals surface area contributed by atoms with Crippen LogP contribution in [-0.4, -0.2) is 68.5 Å². The number of nitrogens with zero attached hydrogens (tertiary/aromatic N) is 1. The van der Waals surface area contributed by atoms with Crippen LogP contribution < -0.4 is 5.32 Å². The number of carboxylic acid groups (broad SMARTS) is 1. The van der Waals surface area contributed by atoms with E-state index in [4.69, 9.17) is 0 Å². The summed E-state index contributed by atoms with van der Waals surface area (Å²) >= 11 is 0. The van der Waals surface area contributed by atoms with Crippen molar-refractivity contribution in [3.63, 3.8) is 0 Å². The Hall–Kier alpha value is -3.98. The molecular formula is C44H64N2O7. The van der Waals surface area contributed by atoms with E-state index in [0.717, 1.165) is 102 Å². The molecule has 2 aliphatic heterocycles. The van der Waals surface area contributed by atoms with Crippen LogP contribution in [0.5, 0.6) is 23.0 Å². The molecule has 2 fully saturated rings. The first-order chi connectivity index (χ1) is 25.5. The highest BCUT2D eigenvalue weighted by atomic mass is 16.4. The number of hydrogen-bond acceptors (Lipinski definition) is 7. The number of rotatable bonds is 12. The second kappa shape index (κ2) is 20.5. The summed E-state index contributed by atoms with van der Waals surface area (Å²) in [6, 6.07) is 3.27. The number of unbranched alkanes of at least 4 members (excludes halogenated alkanes) is 4. The molecule has 0 saturated carbocycles. The van der Waals surface area contributed by atoms with E-state index in [2.05, 4.69) is 32.2 Å². The van der Waals surface area contributed by atoms with Gasteiger partial charge in [0.15, 0.2) is 0 Å². The van der Waals surface area contributed by atoms with Crippen LogP contribution >= 0.6 is 0 Å². The first kappa shape index (κ1) is 41.8. The molecule has 2 aromatic carbocycles. The lowest BCUT2D eigenvalue weighted by Crippen LogP contribution is -2.42. The fourth-order valence-corrected chi connectivity index (χ4v) is 7.71. The Morgan fingerprint density at radius 2 is 1.13 bits per heavy atom. The van der Waals surface area contributed by atoms with Crippen molar-refractivity contribution in [2.45, 2.75) is 142 Å². The number of carbonyl (C=O) groups is 2. The SMILES string of the molecule is C1CNC1.CCCCCc1cc(O)c(C2C=C(C)CCC2)c(O)c1C(=O)N1CCC1.CCCCCc1cc(O)c(C2C=C(C)CCC2)c(O)c1C(=O)O. The van der Waals surface area contributed by atoms with Crippen LogP contribution in [0.4, 0.5) is 0 Å². The van der Waals surface area contributed by atoms with Crippen molar-refractivity contribution in [1.29, 1.82) is 0 Å². The van der Waals surface area contributed by atoms with E-state index in [9.17, 15) is 35.1 Å². The highest BCUT2D eigenvalue weighted by molar-refractivity contribution is 5.99. The molecular weight excluding hydrogens is 668 g/mol. The number of aromatic carboxylic acids is 1. The van der Waals surface area contributed by atoms with Gasteiger partial charge in [-0.3, -0.25) is 4.79 Å². The van der Waals surface area contributed by atoms with Gasteiger partial charge in [-0.1, -0.05) is 62.8 Å². The zero-order valence-electron chi connectivity index (χ0n) is 32.6. The number of benzene rings is 2. The van der Waals surface area contributed by atoms with Crippen LogP contribution in [0.3, 0.4) is 0 Å². The molecule has 2 heterocycles. The molecule has 0 radical (unpaired) electrons. The Kier molecular flexibility index (Phi) is 16.1. The van der Waals surface area contributed by atoms with E-state index in [0.29, 0.717) is 35.1 Å². The van der Waals surface area contributed by atoms with Crippen molar-refractivity contribution < 1.29 is 35.1 Å². The second-order valence-electron chi connectivity index (χ2n) is 15.4. The number of amides is 1. The monoisotopic (exact) mass is 732 g/mol. The zero-order valence-corrected chi connectivity index (χ0v) is 32.6. The molecule has 2 saturated heterocycles. The van der Waals surface area contributed by atoms with E-state index in [1.165, 1.54) is 36.7 Å². The Labute approximate surface area is 316 Å². The summed E-state index contributed by atoms with van der Waals surface area (Å²) in [7, 11) is 0. The van der Waals surface area contributed by atoms with Gasteiger partial charge < -0.3 is 35.7 Å². The first-order valence-corrected chi connectivity index (χ1v) is 20.2. The summed E-state index contributed by atoms with van der Waals surface area (Å²) in [5.41, 5.74) is 5.06. The van der Waals surface area contributed by atoms with Gasteiger partial charge in [0.25, 0.3) is 5.91 Å². The highest BCUT2D eigenvalue weighted by Crippen LogP contribution is 2.45. The van der Waals surface area contributed by atoms with Crippen LogP contribution in [0.25, 0.3) is 0 Å². The van der Waals surface area contributed by atoms with Crippen LogP contribution in [0, 0.1) is 0 Å². The topological polar surface area (TPSA) is 151 Å². The first-order valence-electron chi connectivity index (χ1n) is 20.2. The number of carbonyl (C=O) groups excluding carboxylic acids is 1. The number of allylic oxidation sites excluding steroid dienone is 4. The number of hydrogen-bond donors (Lipinski definition) is 6. The van der Waals surface area contributed by atoms with E-state index in [1.54, 1.807) is 11.0 Å². The molecule has 1 amide bonds. The molecule has 53 heavy (non-hydrogen) atoms. The summed E-state index contributed by atoms with van der Waals surface area (Å²) < 4.78 is 0. The third kappa shape index (κ3) is 11.0. The molecule has 2 unspecified atom stereocenters. The van der Waals surface area contributed by atoms with Gasteiger partial charge in [-0.2, -0.15) is 0 Å². The molecule has 6 rings (SSSR count). The third-order valence-corrected chi connectivity index (χ3v) is 11.1. The molecule has 2 aliphatic carbocycles. The summed E-state index contributed by atoms with van der Waals surface area (Å²) in [5, 5.41) is 55.3. The Bertz CT molecular complexity index is 1620. The molecule has 4 aliphatic rings. The van der Waals surface area contributed by atoms with Gasteiger partial charge in [-0.15, -0.1) is 0 Å². The Morgan fingerprint density at radius 3 is 1.49 bits per heavy atom. The number of likely N-dealkylation sites (tertiary alicyclic amines) is 1. The molecule has 2 aromatic rings. The lowest BCUT2D eigenvalue weighted by atomic mass is 9.83. The minimum atomic E-state index is -1.13. The number of phenols is 4. The molecule has 0 aromatic heterocycles. The molecule has 9 heteroatoms. The molecule has 2 atom stereocenters. The van der Waals surface area contributed by atoms with Gasteiger partial charge in [0, 0.05) is 36.1 Å². The fraction of sp³-hybridized carbons (Fsp3) is 0.591. The van der Waals surface area contributed by atoms with Gasteiger partial charge in [-0.25, -0.2) is 4.79 Å². The average molecular weight is 733 g/mol. The number of aromatic hydroxyl groups is 4. The van der Waals surface area contributed by atoms with Crippen LogP contribution in [0.1, 0.15) is 172 Å². The molecule has 0 bridgehead atoms. The minimum absolute atomic E-state index is 0.00403. The standard InChI is InChI=1S/C22H31NO3.C19H26O4.C3H7N/c1-3-4-5-9-17-14-18(24)19(16-10-6-8-15(2)13-16)21(25)20(17)22(26)23-11-7-12-23;1-3-4-5-8-14-11-15(20)16(18(21)17(14)19(22)23)13-9-6-7-12(2)10-13;1-2-4-3-1/h13-14,16,24-25H,3-12H2,1-2H3;10-11,13,20-21H,3-9H2,1-2H3,(H,22,23);4H,1-3H2. The van der Waals surface area contributed by atoms with Gasteiger partial charge in [0.1, 0.15) is 28.6 Å². The molecule has 0 spiro atoms. The fourth-order valence-electron chi connectivity index (χ4n) is 7.71. The molecule has 6 N–H and O–H groups in total. The van der Waals surface area contributed by atoms with Crippen LogP contribution in [-0.2, 0) is 12.8 Å². The van der Waals surface area contributed by atoms with Crippen molar-refractivity contribution >= 4 is 11.9 Å². The quantitative estimate of drug-likeness (QED) is 0.0933. The maximum absolute atomic E-state index is 13.0.